The summed E-state index contributed by atoms with van der Waals surface area (Å²) < 4.78 is 5.42. The number of carbonyl (C=O) groups excluding carboxylic acids is 2. The monoisotopic (exact) mass is 388 g/mol. The molecule has 0 bridgehead atoms. The van der Waals surface area contributed by atoms with Gasteiger partial charge < -0.3 is 25.6 Å². The molecule has 0 spiro atoms. The predicted octanol–water partition coefficient (Wildman–Crippen LogP) is 2.06. The van der Waals surface area contributed by atoms with Crippen LogP contribution in [0.3, 0.4) is 0 Å². The van der Waals surface area contributed by atoms with Gasteiger partial charge in [-0.05, 0) is 50.9 Å². The van der Waals surface area contributed by atoms with Crippen molar-refractivity contribution in [3.05, 3.63) is 30.3 Å². The van der Waals surface area contributed by atoms with Crippen LogP contribution in [0.5, 0.6) is 0 Å². The SMILES string of the molecule is COCC1(CNC(=O)C2CCN(C(=O)Nc3ccccc3)CC2)CCNCC1. The molecule has 7 nitrogen and oxygen atoms in total. The molecule has 2 fully saturated rings. The summed E-state index contributed by atoms with van der Waals surface area (Å²) in [4.78, 5) is 26.8. The molecule has 1 aromatic carbocycles. The van der Waals surface area contributed by atoms with Crippen LogP contribution < -0.4 is 16.0 Å². The lowest BCUT2D eigenvalue weighted by molar-refractivity contribution is -0.127. The van der Waals surface area contributed by atoms with Gasteiger partial charge in [-0.1, -0.05) is 18.2 Å². The first-order valence-electron chi connectivity index (χ1n) is 10.2. The second-order valence-corrected chi connectivity index (χ2v) is 7.96. The summed E-state index contributed by atoms with van der Waals surface area (Å²) in [6.45, 7) is 4.47. The fraction of sp³-hybridized carbons (Fsp3) is 0.619. The molecule has 0 unspecified atom stereocenters. The Labute approximate surface area is 167 Å². The van der Waals surface area contributed by atoms with Crippen LogP contribution in [0.2, 0.25) is 0 Å². The number of urea groups is 1. The molecule has 2 saturated heterocycles. The van der Waals surface area contributed by atoms with E-state index in [-0.39, 0.29) is 23.3 Å². The van der Waals surface area contributed by atoms with Gasteiger partial charge in [0.05, 0.1) is 6.61 Å². The molecule has 154 valence electrons. The summed E-state index contributed by atoms with van der Waals surface area (Å²) in [6.07, 6.45) is 3.43. The Kier molecular flexibility index (Phi) is 7.28. The highest BCUT2D eigenvalue weighted by atomic mass is 16.5. The van der Waals surface area contributed by atoms with E-state index in [4.69, 9.17) is 4.74 Å². The molecule has 0 saturated carbocycles. The number of methoxy groups -OCH3 is 1. The molecule has 3 amide bonds. The number of piperidine rings is 2. The zero-order chi connectivity index (χ0) is 19.8. The first kappa shape index (κ1) is 20.6. The second kappa shape index (κ2) is 9.89. The fourth-order valence-corrected chi connectivity index (χ4v) is 4.12. The van der Waals surface area contributed by atoms with Gasteiger partial charge in [0.15, 0.2) is 0 Å². The van der Waals surface area contributed by atoms with Crippen LogP contribution in [0.25, 0.3) is 0 Å². The van der Waals surface area contributed by atoms with Crippen molar-refractivity contribution in [2.24, 2.45) is 11.3 Å². The lowest BCUT2D eigenvalue weighted by atomic mass is 9.79. The summed E-state index contributed by atoms with van der Waals surface area (Å²) in [5.74, 6) is 0.0826. The number of para-hydroxylation sites is 1. The van der Waals surface area contributed by atoms with Crippen LogP contribution in [-0.2, 0) is 9.53 Å². The number of amides is 3. The average molecular weight is 389 g/mol. The Morgan fingerprint density at radius 3 is 2.50 bits per heavy atom. The van der Waals surface area contributed by atoms with Gasteiger partial charge in [-0.25, -0.2) is 4.79 Å². The predicted molar refractivity (Wildman–Crippen MR) is 109 cm³/mol. The number of nitrogens with one attached hydrogen (secondary N) is 3. The highest BCUT2D eigenvalue weighted by molar-refractivity contribution is 5.89. The highest BCUT2D eigenvalue weighted by Crippen LogP contribution is 2.28. The lowest BCUT2D eigenvalue weighted by Crippen LogP contribution is -2.49. The van der Waals surface area contributed by atoms with Gasteiger partial charge in [-0.2, -0.15) is 0 Å². The third kappa shape index (κ3) is 5.45. The van der Waals surface area contributed by atoms with Gasteiger partial charge in [-0.15, -0.1) is 0 Å². The summed E-state index contributed by atoms with van der Waals surface area (Å²) in [5.41, 5.74) is 0.823. The van der Waals surface area contributed by atoms with E-state index < -0.39 is 0 Å². The molecule has 3 rings (SSSR count). The van der Waals surface area contributed by atoms with Crippen molar-refractivity contribution >= 4 is 17.6 Å². The minimum absolute atomic E-state index is 0.0258. The molecule has 0 aromatic heterocycles. The summed E-state index contributed by atoms with van der Waals surface area (Å²) in [7, 11) is 1.72. The van der Waals surface area contributed by atoms with Gasteiger partial charge in [0, 0.05) is 43.8 Å². The standard InChI is InChI=1S/C21H32N4O3/c1-28-16-21(9-11-22-12-10-21)15-23-19(26)17-7-13-25(14-8-17)20(27)24-18-5-3-2-4-6-18/h2-6,17,22H,7-16H2,1H3,(H,23,26)(H,24,27). The Morgan fingerprint density at radius 2 is 1.86 bits per heavy atom. The van der Waals surface area contributed by atoms with Crippen LogP contribution in [0.15, 0.2) is 30.3 Å². The van der Waals surface area contributed by atoms with E-state index >= 15 is 0 Å². The molecule has 2 aliphatic rings. The average Bonchev–Trinajstić information content (AvgIpc) is 2.74. The first-order chi connectivity index (χ1) is 13.6. The molecule has 28 heavy (non-hydrogen) atoms. The highest BCUT2D eigenvalue weighted by Gasteiger charge is 2.34. The van der Waals surface area contributed by atoms with Gasteiger partial charge in [0.2, 0.25) is 5.91 Å². The molecule has 3 N–H and O–H groups in total. The van der Waals surface area contributed by atoms with Crippen molar-refractivity contribution in [3.63, 3.8) is 0 Å². The molecular weight excluding hydrogens is 356 g/mol. The largest absolute Gasteiger partial charge is 0.384 e. The van der Waals surface area contributed by atoms with Crippen molar-refractivity contribution in [2.45, 2.75) is 25.7 Å². The van der Waals surface area contributed by atoms with E-state index in [1.54, 1.807) is 12.0 Å². The van der Waals surface area contributed by atoms with E-state index in [0.29, 0.717) is 39.1 Å². The van der Waals surface area contributed by atoms with E-state index in [9.17, 15) is 9.59 Å². The Hall–Kier alpha value is -2.12. The maximum Gasteiger partial charge on any atom is 0.321 e. The van der Waals surface area contributed by atoms with Gasteiger partial charge >= 0.3 is 6.03 Å². The Balaban J connectivity index is 1.43. The van der Waals surface area contributed by atoms with E-state index in [1.165, 1.54) is 0 Å². The number of hydrogen-bond acceptors (Lipinski definition) is 4. The number of anilines is 1. The summed E-state index contributed by atoms with van der Waals surface area (Å²) in [6, 6.07) is 9.35. The molecule has 0 radical (unpaired) electrons. The third-order valence-electron chi connectivity index (χ3n) is 5.93. The number of ether oxygens (including phenoxy) is 1. The minimum atomic E-state index is -0.0983. The topological polar surface area (TPSA) is 82.7 Å². The van der Waals surface area contributed by atoms with Crippen molar-refractivity contribution in [3.8, 4) is 0 Å². The van der Waals surface area contributed by atoms with E-state index in [1.807, 2.05) is 30.3 Å². The molecule has 1 aromatic rings. The number of nitrogens with zero attached hydrogens (tertiary/aromatic N) is 1. The Morgan fingerprint density at radius 1 is 1.18 bits per heavy atom. The zero-order valence-corrected chi connectivity index (χ0v) is 16.7. The molecular formula is C21H32N4O3. The second-order valence-electron chi connectivity index (χ2n) is 7.96. The maximum absolute atomic E-state index is 12.7. The van der Waals surface area contributed by atoms with Gasteiger partial charge in [0.25, 0.3) is 0 Å². The minimum Gasteiger partial charge on any atom is -0.384 e. The molecule has 0 atom stereocenters. The molecule has 0 aliphatic carbocycles. The van der Waals surface area contributed by atoms with Gasteiger partial charge in [0.1, 0.15) is 0 Å². The van der Waals surface area contributed by atoms with Crippen molar-refractivity contribution in [2.75, 3.05) is 51.8 Å². The first-order valence-corrected chi connectivity index (χ1v) is 10.2. The molecule has 2 heterocycles. The normalized spacial score (nSPS) is 19.8. The van der Waals surface area contributed by atoms with Crippen LogP contribution in [-0.4, -0.2) is 63.3 Å². The quantitative estimate of drug-likeness (QED) is 0.697. The number of benzene rings is 1. The van der Waals surface area contributed by atoms with Gasteiger partial charge in [-0.3, -0.25) is 4.79 Å². The van der Waals surface area contributed by atoms with Crippen LogP contribution in [0, 0.1) is 11.3 Å². The molecule has 2 aliphatic heterocycles. The zero-order valence-electron chi connectivity index (χ0n) is 16.7. The third-order valence-corrected chi connectivity index (χ3v) is 5.93. The van der Waals surface area contributed by atoms with Crippen molar-refractivity contribution in [1.29, 1.82) is 0 Å². The van der Waals surface area contributed by atoms with E-state index in [0.717, 1.165) is 31.6 Å². The number of hydrogen-bond donors (Lipinski definition) is 3. The van der Waals surface area contributed by atoms with Crippen molar-refractivity contribution in [1.82, 2.24) is 15.5 Å². The Bertz CT molecular complexity index is 633. The van der Waals surface area contributed by atoms with Crippen LogP contribution in [0.1, 0.15) is 25.7 Å². The van der Waals surface area contributed by atoms with Crippen LogP contribution in [0.4, 0.5) is 10.5 Å². The van der Waals surface area contributed by atoms with E-state index in [2.05, 4.69) is 16.0 Å². The summed E-state index contributed by atoms with van der Waals surface area (Å²) in [5, 5.41) is 9.45. The number of rotatable bonds is 6. The number of likely N-dealkylation sites (tertiary alicyclic amines) is 1. The fourth-order valence-electron chi connectivity index (χ4n) is 4.12. The van der Waals surface area contributed by atoms with Crippen LogP contribution >= 0.6 is 0 Å². The molecule has 7 heteroatoms. The lowest BCUT2D eigenvalue weighted by Gasteiger charge is -2.38. The van der Waals surface area contributed by atoms with Crippen molar-refractivity contribution < 1.29 is 14.3 Å². The maximum atomic E-state index is 12.7. The summed E-state index contributed by atoms with van der Waals surface area (Å²) >= 11 is 0. The number of carbonyl (C=O) groups is 2. The smallest absolute Gasteiger partial charge is 0.321 e.